The highest BCUT2D eigenvalue weighted by molar-refractivity contribution is 7.90. The summed E-state index contributed by atoms with van der Waals surface area (Å²) >= 11 is 5.91. The monoisotopic (exact) mass is 335 g/mol. The van der Waals surface area contributed by atoms with Crippen molar-refractivity contribution in [2.24, 2.45) is 0 Å². The third-order valence-electron chi connectivity index (χ3n) is 2.82. The summed E-state index contributed by atoms with van der Waals surface area (Å²) in [7, 11) is -3.08. The summed E-state index contributed by atoms with van der Waals surface area (Å²) in [6.45, 7) is 4.32. The van der Waals surface area contributed by atoms with E-state index in [1.54, 1.807) is 6.92 Å². The van der Waals surface area contributed by atoms with Gasteiger partial charge in [0, 0.05) is 25.4 Å². The van der Waals surface area contributed by atoms with Crippen molar-refractivity contribution in [1.82, 2.24) is 15.0 Å². The molecule has 2 heterocycles. The van der Waals surface area contributed by atoms with E-state index in [1.807, 2.05) is 4.90 Å². The van der Waals surface area contributed by atoms with Gasteiger partial charge in [-0.3, -0.25) is 0 Å². The van der Waals surface area contributed by atoms with Gasteiger partial charge in [0.1, 0.15) is 9.84 Å². The molecule has 0 bridgehead atoms. The van der Waals surface area contributed by atoms with Gasteiger partial charge in [0.25, 0.3) is 0 Å². The van der Waals surface area contributed by atoms with Gasteiger partial charge in [-0.1, -0.05) is 0 Å². The molecule has 0 aromatic carbocycles. The molecule has 1 unspecified atom stereocenters. The lowest BCUT2D eigenvalue weighted by molar-refractivity contribution is 0.122. The van der Waals surface area contributed by atoms with Crippen LogP contribution in [0.3, 0.4) is 0 Å². The minimum absolute atomic E-state index is 0.0107. The number of nitrogens with one attached hydrogen (secondary N) is 1. The zero-order valence-electron chi connectivity index (χ0n) is 11.9. The summed E-state index contributed by atoms with van der Waals surface area (Å²) in [5.74, 6) is 0.725. The fourth-order valence-corrected chi connectivity index (χ4v) is 3.17. The average Bonchev–Trinajstić information content (AvgIpc) is 2.36. The minimum atomic E-state index is -3.08. The Morgan fingerprint density at radius 2 is 2.00 bits per heavy atom. The summed E-state index contributed by atoms with van der Waals surface area (Å²) in [5, 5.41) is 3.00. The topological polar surface area (TPSA) is 97.3 Å². The van der Waals surface area contributed by atoms with Crippen LogP contribution in [0.5, 0.6) is 0 Å². The van der Waals surface area contributed by atoms with E-state index in [0.29, 0.717) is 32.3 Å². The number of hydrogen-bond acceptors (Lipinski definition) is 8. The van der Waals surface area contributed by atoms with Crippen LogP contribution >= 0.6 is 11.6 Å². The molecule has 0 saturated carbocycles. The molecule has 0 amide bonds. The second-order valence-corrected chi connectivity index (χ2v) is 7.49. The Bertz CT molecular complexity index is 592. The molecule has 8 nitrogen and oxygen atoms in total. The Morgan fingerprint density at radius 1 is 1.33 bits per heavy atom. The maximum atomic E-state index is 11.3. The predicted octanol–water partition coefficient (Wildman–Crippen LogP) is 0.207. The van der Waals surface area contributed by atoms with Crippen LogP contribution in [0.25, 0.3) is 0 Å². The summed E-state index contributed by atoms with van der Waals surface area (Å²) in [5.41, 5.74) is 0. The SMILES string of the molecule is CC(CS(C)(=O)=O)Nc1nc(Cl)nc(N2CCOCC2)n1. The zero-order chi connectivity index (χ0) is 15.5. The predicted molar refractivity (Wildman–Crippen MR) is 80.7 cm³/mol. The van der Waals surface area contributed by atoms with Crippen molar-refractivity contribution >= 4 is 33.3 Å². The molecule has 1 fully saturated rings. The van der Waals surface area contributed by atoms with Crippen molar-refractivity contribution in [2.45, 2.75) is 13.0 Å². The summed E-state index contributed by atoms with van der Waals surface area (Å²) in [6.07, 6.45) is 1.19. The molecule has 10 heteroatoms. The minimum Gasteiger partial charge on any atom is -0.378 e. The van der Waals surface area contributed by atoms with Gasteiger partial charge in [-0.05, 0) is 18.5 Å². The first-order valence-corrected chi connectivity index (χ1v) is 8.96. The molecule has 1 saturated heterocycles. The number of nitrogens with zero attached hydrogens (tertiary/aromatic N) is 4. The van der Waals surface area contributed by atoms with Gasteiger partial charge in [0.05, 0.1) is 19.0 Å². The van der Waals surface area contributed by atoms with Crippen LogP contribution in [-0.4, -0.2) is 67.7 Å². The number of morpholine rings is 1. The van der Waals surface area contributed by atoms with Crippen LogP contribution in [0.1, 0.15) is 6.92 Å². The van der Waals surface area contributed by atoms with E-state index in [9.17, 15) is 8.42 Å². The van der Waals surface area contributed by atoms with Crippen molar-refractivity contribution in [3.8, 4) is 0 Å². The van der Waals surface area contributed by atoms with Gasteiger partial charge in [-0.2, -0.15) is 15.0 Å². The van der Waals surface area contributed by atoms with E-state index < -0.39 is 9.84 Å². The zero-order valence-corrected chi connectivity index (χ0v) is 13.5. The first kappa shape index (κ1) is 16.2. The van der Waals surface area contributed by atoms with Crippen molar-refractivity contribution in [2.75, 3.05) is 48.5 Å². The molecule has 118 valence electrons. The van der Waals surface area contributed by atoms with Crippen molar-refractivity contribution in [1.29, 1.82) is 0 Å². The third kappa shape index (κ3) is 5.25. The number of aromatic nitrogens is 3. The fourth-order valence-electron chi connectivity index (χ4n) is 2.03. The number of hydrogen-bond donors (Lipinski definition) is 1. The first-order valence-electron chi connectivity index (χ1n) is 6.52. The molecule has 1 atom stereocenters. The van der Waals surface area contributed by atoms with Gasteiger partial charge >= 0.3 is 0 Å². The lowest BCUT2D eigenvalue weighted by atomic mass is 10.4. The van der Waals surface area contributed by atoms with Gasteiger partial charge in [0.15, 0.2) is 0 Å². The average molecular weight is 336 g/mol. The van der Waals surface area contributed by atoms with E-state index in [1.165, 1.54) is 6.26 Å². The van der Waals surface area contributed by atoms with E-state index in [2.05, 4.69) is 20.3 Å². The van der Waals surface area contributed by atoms with E-state index in [-0.39, 0.29) is 23.0 Å². The molecule has 21 heavy (non-hydrogen) atoms. The van der Waals surface area contributed by atoms with Gasteiger partial charge in [-0.15, -0.1) is 0 Å². The number of sulfone groups is 1. The number of halogens is 1. The second kappa shape index (κ2) is 6.71. The molecular formula is C11H18ClN5O3S. The smallest absolute Gasteiger partial charge is 0.231 e. The van der Waals surface area contributed by atoms with Crippen molar-refractivity contribution < 1.29 is 13.2 Å². The maximum Gasteiger partial charge on any atom is 0.231 e. The molecule has 2 rings (SSSR count). The van der Waals surface area contributed by atoms with Gasteiger partial charge < -0.3 is 15.0 Å². The van der Waals surface area contributed by atoms with Crippen LogP contribution in [0.15, 0.2) is 0 Å². The van der Waals surface area contributed by atoms with E-state index >= 15 is 0 Å². The number of anilines is 2. The molecule has 1 aliphatic rings. The third-order valence-corrected chi connectivity index (χ3v) is 4.09. The van der Waals surface area contributed by atoms with E-state index in [0.717, 1.165) is 0 Å². The molecule has 0 spiro atoms. The Kier molecular flexibility index (Phi) is 5.17. The van der Waals surface area contributed by atoms with Crippen LogP contribution in [-0.2, 0) is 14.6 Å². The normalized spacial score (nSPS) is 17.6. The van der Waals surface area contributed by atoms with Crippen LogP contribution in [0.2, 0.25) is 5.28 Å². The van der Waals surface area contributed by atoms with Gasteiger partial charge in [-0.25, -0.2) is 8.42 Å². The van der Waals surface area contributed by atoms with Crippen LogP contribution in [0, 0.1) is 0 Å². The first-order chi connectivity index (χ1) is 9.83. The molecule has 1 aromatic heterocycles. The maximum absolute atomic E-state index is 11.3. The molecule has 0 aliphatic carbocycles. The molecule has 1 aromatic rings. The van der Waals surface area contributed by atoms with Crippen LogP contribution in [0.4, 0.5) is 11.9 Å². The van der Waals surface area contributed by atoms with E-state index in [4.69, 9.17) is 16.3 Å². The molecular weight excluding hydrogens is 318 g/mol. The standard InChI is InChI=1S/C11H18ClN5O3S/c1-8(7-21(2,18)19)13-10-14-9(12)15-11(16-10)17-3-5-20-6-4-17/h8H,3-7H2,1-2H3,(H,13,14,15,16). The summed E-state index contributed by atoms with van der Waals surface area (Å²) in [6, 6.07) is -0.323. The largest absolute Gasteiger partial charge is 0.378 e. The highest BCUT2D eigenvalue weighted by Gasteiger charge is 2.17. The van der Waals surface area contributed by atoms with Crippen LogP contribution < -0.4 is 10.2 Å². The Hall–Kier alpha value is -1.19. The number of ether oxygens (including phenoxy) is 1. The van der Waals surface area contributed by atoms with Crippen molar-refractivity contribution in [3.63, 3.8) is 0 Å². The Labute approximate surface area is 128 Å². The number of rotatable bonds is 5. The summed E-state index contributed by atoms with van der Waals surface area (Å²) in [4.78, 5) is 14.3. The molecule has 1 aliphatic heterocycles. The van der Waals surface area contributed by atoms with Crippen molar-refractivity contribution in [3.05, 3.63) is 5.28 Å². The fraction of sp³-hybridized carbons (Fsp3) is 0.727. The highest BCUT2D eigenvalue weighted by atomic mass is 35.5. The molecule has 1 N–H and O–H groups in total. The highest BCUT2D eigenvalue weighted by Crippen LogP contribution is 2.15. The lowest BCUT2D eigenvalue weighted by Crippen LogP contribution is -2.37. The second-order valence-electron chi connectivity index (χ2n) is 4.97. The Morgan fingerprint density at radius 3 is 2.62 bits per heavy atom. The quantitative estimate of drug-likeness (QED) is 0.815. The Balaban J connectivity index is 2.11. The lowest BCUT2D eigenvalue weighted by Gasteiger charge is -2.27. The van der Waals surface area contributed by atoms with Gasteiger partial charge in [0.2, 0.25) is 17.2 Å². The summed E-state index contributed by atoms with van der Waals surface area (Å²) < 4.78 is 27.8. The molecule has 0 radical (unpaired) electrons.